The standard InChI is InChI=1S/C16H20BrNO4/c1-10-5-11(2)8-18(7-10)15(20)9-22-16(21)13-6-12(17)3-4-14(13)19/h3-4,6,10-11,19H,5,7-9H2,1-2H3/t10-,11-/m1/s1. The molecule has 1 amide bonds. The fourth-order valence-corrected chi connectivity index (χ4v) is 3.20. The van der Waals surface area contributed by atoms with Gasteiger partial charge in [0.2, 0.25) is 0 Å². The molecule has 1 aromatic rings. The Morgan fingerprint density at radius 2 is 1.95 bits per heavy atom. The van der Waals surface area contributed by atoms with Crippen molar-refractivity contribution in [2.45, 2.75) is 20.3 Å². The number of amides is 1. The molecule has 1 aromatic carbocycles. The first-order chi connectivity index (χ1) is 10.4. The van der Waals surface area contributed by atoms with Crippen molar-refractivity contribution in [1.29, 1.82) is 0 Å². The molecule has 5 nitrogen and oxygen atoms in total. The maximum atomic E-state index is 12.2. The van der Waals surface area contributed by atoms with Gasteiger partial charge in [-0.25, -0.2) is 4.79 Å². The number of nitrogens with zero attached hydrogens (tertiary/aromatic N) is 1. The van der Waals surface area contributed by atoms with Crippen LogP contribution in [0.3, 0.4) is 0 Å². The highest BCUT2D eigenvalue weighted by molar-refractivity contribution is 9.10. The first kappa shape index (κ1) is 16.8. The summed E-state index contributed by atoms with van der Waals surface area (Å²) >= 11 is 3.23. The quantitative estimate of drug-likeness (QED) is 0.831. The fraction of sp³-hybridized carbons (Fsp3) is 0.500. The Morgan fingerprint density at radius 1 is 1.32 bits per heavy atom. The number of benzene rings is 1. The van der Waals surface area contributed by atoms with Crippen LogP contribution < -0.4 is 0 Å². The minimum atomic E-state index is -0.703. The third-order valence-electron chi connectivity index (χ3n) is 3.73. The Hall–Kier alpha value is -1.56. The third kappa shape index (κ3) is 4.22. The number of likely N-dealkylation sites (tertiary alicyclic amines) is 1. The van der Waals surface area contributed by atoms with E-state index < -0.39 is 5.97 Å². The summed E-state index contributed by atoms with van der Waals surface area (Å²) < 4.78 is 5.69. The summed E-state index contributed by atoms with van der Waals surface area (Å²) in [6.07, 6.45) is 1.11. The van der Waals surface area contributed by atoms with Gasteiger partial charge >= 0.3 is 5.97 Å². The fourth-order valence-electron chi connectivity index (χ4n) is 2.83. The maximum absolute atomic E-state index is 12.2. The summed E-state index contributed by atoms with van der Waals surface area (Å²) in [4.78, 5) is 25.9. The van der Waals surface area contributed by atoms with E-state index in [-0.39, 0.29) is 23.8 Å². The van der Waals surface area contributed by atoms with Crippen LogP contribution in [0.15, 0.2) is 22.7 Å². The molecule has 0 radical (unpaired) electrons. The van der Waals surface area contributed by atoms with Crippen molar-refractivity contribution >= 4 is 27.8 Å². The van der Waals surface area contributed by atoms with E-state index in [0.717, 1.165) is 6.42 Å². The van der Waals surface area contributed by atoms with Crippen LogP contribution in [0, 0.1) is 11.8 Å². The van der Waals surface area contributed by atoms with Crippen LogP contribution in [-0.2, 0) is 9.53 Å². The summed E-state index contributed by atoms with van der Waals surface area (Å²) in [5, 5.41) is 9.67. The number of rotatable bonds is 3. The summed E-state index contributed by atoms with van der Waals surface area (Å²) in [7, 11) is 0. The molecule has 1 N–H and O–H groups in total. The summed E-state index contributed by atoms with van der Waals surface area (Å²) in [6, 6.07) is 4.48. The van der Waals surface area contributed by atoms with Crippen molar-refractivity contribution in [1.82, 2.24) is 4.90 Å². The summed E-state index contributed by atoms with van der Waals surface area (Å²) in [6.45, 7) is 5.32. The van der Waals surface area contributed by atoms with Gasteiger partial charge in [-0.2, -0.15) is 0 Å². The van der Waals surface area contributed by atoms with Gasteiger partial charge in [0.05, 0.1) is 0 Å². The number of halogens is 1. The molecule has 1 aliphatic rings. The maximum Gasteiger partial charge on any atom is 0.342 e. The average molecular weight is 370 g/mol. The number of esters is 1. The van der Waals surface area contributed by atoms with Crippen LogP contribution in [0.1, 0.15) is 30.6 Å². The van der Waals surface area contributed by atoms with Gasteiger partial charge in [-0.05, 0) is 36.5 Å². The minimum absolute atomic E-state index is 0.0440. The lowest BCUT2D eigenvalue weighted by atomic mass is 9.92. The zero-order valence-corrected chi connectivity index (χ0v) is 14.3. The molecule has 1 saturated heterocycles. The first-order valence-electron chi connectivity index (χ1n) is 7.30. The number of aromatic hydroxyl groups is 1. The molecular formula is C16H20BrNO4. The Balaban J connectivity index is 1.93. The van der Waals surface area contributed by atoms with Crippen LogP contribution in [0.5, 0.6) is 5.75 Å². The van der Waals surface area contributed by atoms with E-state index in [9.17, 15) is 14.7 Å². The van der Waals surface area contributed by atoms with Crippen molar-refractivity contribution in [2.24, 2.45) is 11.8 Å². The van der Waals surface area contributed by atoms with Gasteiger partial charge in [-0.3, -0.25) is 4.79 Å². The molecule has 0 bridgehead atoms. The lowest BCUT2D eigenvalue weighted by Gasteiger charge is -2.34. The number of ether oxygens (including phenoxy) is 1. The van der Waals surface area contributed by atoms with E-state index in [1.165, 1.54) is 12.1 Å². The van der Waals surface area contributed by atoms with Crippen LogP contribution in [0.2, 0.25) is 0 Å². The highest BCUT2D eigenvalue weighted by Crippen LogP contribution is 2.23. The van der Waals surface area contributed by atoms with Gasteiger partial charge in [0.25, 0.3) is 5.91 Å². The van der Waals surface area contributed by atoms with E-state index in [1.807, 2.05) is 0 Å². The predicted molar refractivity (Wildman–Crippen MR) is 85.6 cm³/mol. The second-order valence-corrected chi connectivity index (χ2v) is 6.90. The van der Waals surface area contributed by atoms with Crippen LogP contribution in [0.25, 0.3) is 0 Å². The van der Waals surface area contributed by atoms with Gasteiger partial charge in [-0.15, -0.1) is 0 Å². The van der Waals surface area contributed by atoms with Gasteiger partial charge in [-0.1, -0.05) is 29.8 Å². The SMILES string of the molecule is C[C@@H]1C[C@@H](C)CN(C(=O)COC(=O)c2cc(Br)ccc2O)C1. The number of carbonyl (C=O) groups is 2. The molecule has 1 fully saturated rings. The number of carbonyl (C=O) groups excluding carboxylic acids is 2. The summed E-state index contributed by atoms with van der Waals surface area (Å²) in [5.41, 5.74) is 0.0440. The number of phenolic OH excluding ortho intramolecular Hbond substituents is 1. The largest absolute Gasteiger partial charge is 0.507 e. The highest BCUT2D eigenvalue weighted by Gasteiger charge is 2.26. The first-order valence-corrected chi connectivity index (χ1v) is 8.09. The van der Waals surface area contributed by atoms with Gasteiger partial charge in [0.1, 0.15) is 11.3 Å². The molecule has 0 unspecified atom stereocenters. The van der Waals surface area contributed by atoms with Gasteiger partial charge in [0, 0.05) is 17.6 Å². The topological polar surface area (TPSA) is 66.8 Å². The zero-order chi connectivity index (χ0) is 16.3. The van der Waals surface area contributed by atoms with E-state index in [0.29, 0.717) is 29.4 Å². The van der Waals surface area contributed by atoms with Crippen LogP contribution in [-0.4, -0.2) is 41.6 Å². The lowest BCUT2D eigenvalue weighted by Crippen LogP contribution is -2.44. The molecule has 22 heavy (non-hydrogen) atoms. The molecule has 1 aliphatic heterocycles. The second-order valence-electron chi connectivity index (χ2n) is 5.98. The van der Waals surface area contributed by atoms with Crippen molar-refractivity contribution < 1.29 is 19.4 Å². The second kappa shape index (κ2) is 7.13. The molecule has 0 aromatic heterocycles. The molecule has 6 heteroatoms. The lowest BCUT2D eigenvalue weighted by molar-refractivity contribution is -0.137. The zero-order valence-electron chi connectivity index (χ0n) is 12.7. The van der Waals surface area contributed by atoms with Crippen LogP contribution in [0.4, 0.5) is 0 Å². The Bertz CT molecular complexity index is 565. The molecule has 1 heterocycles. The third-order valence-corrected chi connectivity index (χ3v) is 4.22. The Morgan fingerprint density at radius 3 is 2.59 bits per heavy atom. The molecule has 0 spiro atoms. The van der Waals surface area contributed by atoms with E-state index in [2.05, 4.69) is 29.8 Å². The highest BCUT2D eigenvalue weighted by atomic mass is 79.9. The molecule has 0 aliphatic carbocycles. The van der Waals surface area contributed by atoms with Crippen LogP contribution >= 0.6 is 15.9 Å². The Kier molecular flexibility index (Phi) is 5.45. The number of piperidine rings is 1. The molecule has 2 rings (SSSR count). The van der Waals surface area contributed by atoms with Crippen molar-refractivity contribution in [3.63, 3.8) is 0 Å². The molecule has 2 atom stereocenters. The minimum Gasteiger partial charge on any atom is -0.507 e. The van der Waals surface area contributed by atoms with E-state index in [4.69, 9.17) is 4.74 Å². The normalized spacial score (nSPS) is 21.5. The Labute approximate surface area is 138 Å². The summed E-state index contributed by atoms with van der Waals surface area (Å²) in [5.74, 6) is -0.151. The molecular weight excluding hydrogens is 350 g/mol. The van der Waals surface area contributed by atoms with E-state index >= 15 is 0 Å². The van der Waals surface area contributed by atoms with Gasteiger partial charge < -0.3 is 14.7 Å². The molecule has 0 saturated carbocycles. The molecule has 120 valence electrons. The van der Waals surface area contributed by atoms with Crippen molar-refractivity contribution in [3.8, 4) is 5.75 Å². The number of hydrogen-bond acceptors (Lipinski definition) is 4. The number of phenols is 1. The van der Waals surface area contributed by atoms with Gasteiger partial charge in [0.15, 0.2) is 6.61 Å². The smallest absolute Gasteiger partial charge is 0.342 e. The van der Waals surface area contributed by atoms with Crippen molar-refractivity contribution in [3.05, 3.63) is 28.2 Å². The van der Waals surface area contributed by atoms with E-state index in [1.54, 1.807) is 11.0 Å². The average Bonchev–Trinajstić information content (AvgIpc) is 2.45. The number of hydrogen-bond donors (Lipinski definition) is 1. The van der Waals surface area contributed by atoms with Crippen molar-refractivity contribution in [2.75, 3.05) is 19.7 Å². The monoisotopic (exact) mass is 369 g/mol. The predicted octanol–water partition coefficient (Wildman–Crippen LogP) is 2.82.